The third-order valence-corrected chi connectivity index (χ3v) is 7.27. The number of anilines is 1. The summed E-state index contributed by atoms with van der Waals surface area (Å²) in [5, 5.41) is 0. The molecule has 2 aromatic rings. The van der Waals surface area contributed by atoms with Gasteiger partial charge in [0, 0.05) is 30.4 Å². The number of sulfonamides is 1. The van der Waals surface area contributed by atoms with Crippen molar-refractivity contribution >= 4 is 21.6 Å². The van der Waals surface area contributed by atoms with Crippen LogP contribution in [-0.4, -0.2) is 56.3 Å². The van der Waals surface area contributed by atoms with Crippen LogP contribution >= 0.6 is 0 Å². The zero-order valence-electron chi connectivity index (χ0n) is 17.1. The van der Waals surface area contributed by atoms with Crippen LogP contribution in [0.4, 0.5) is 14.5 Å². The molecule has 0 saturated carbocycles. The number of carbonyl (C=O) groups is 1. The SMILES string of the molecule is O=C(c1ccc(NS(=O)(=O)c2ccc(F)c(F)c2)cc1)N1CCCC1CN1CCCC1. The fourth-order valence-electron chi connectivity index (χ4n) is 4.26. The molecule has 0 aliphatic carbocycles. The highest BCUT2D eigenvalue weighted by Gasteiger charge is 2.31. The zero-order valence-corrected chi connectivity index (χ0v) is 17.9. The van der Waals surface area contributed by atoms with Crippen molar-refractivity contribution in [1.29, 1.82) is 0 Å². The summed E-state index contributed by atoms with van der Waals surface area (Å²) in [6.07, 6.45) is 4.40. The van der Waals surface area contributed by atoms with Crippen molar-refractivity contribution in [2.45, 2.75) is 36.6 Å². The number of nitrogens with one attached hydrogen (secondary N) is 1. The van der Waals surface area contributed by atoms with E-state index in [0.717, 1.165) is 51.2 Å². The molecule has 1 unspecified atom stereocenters. The zero-order chi connectivity index (χ0) is 22.0. The quantitative estimate of drug-likeness (QED) is 0.733. The fourth-order valence-corrected chi connectivity index (χ4v) is 5.33. The number of nitrogens with zero attached hydrogens (tertiary/aromatic N) is 2. The molecule has 0 aromatic heterocycles. The highest BCUT2D eigenvalue weighted by atomic mass is 32.2. The van der Waals surface area contributed by atoms with Crippen LogP contribution in [0.5, 0.6) is 0 Å². The molecule has 1 N–H and O–H groups in total. The standard InChI is InChI=1S/C22H25F2N3O3S/c23-20-10-9-19(14-21(20)24)31(29,30)25-17-7-5-16(6-8-17)22(28)27-13-3-4-18(27)15-26-11-1-2-12-26/h5-10,14,18,25H,1-4,11-13,15H2. The predicted octanol–water partition coefficient (Wildman–Crippen LogP) is 3.47. The van der Waals surface area contributed by atoms with Crippen LogP contribution in [0.1, 0.15) is 36.0 Å². The summed E-state index contributed by atoms with van der Waals surface area (Å²) >= 11 is 0. The summed E-state index contributed by atoms with van der Waals surface area (Å²) in [5.41, 5.74) is 0.723. The first-order chi connectivity index (χ1) is 14.8. The molecule has 2 aliphatic rings. The summed E-state index contributed by atoms with van der Waals surface area (Å²) < 4.78 is 53.6. The van der Waals surface area contributed by atoms with Crippen molar-refractivity contribution in [1.82, 2.24) is 9.80 Å². The van der Waals surface area contributed by atoms with Gasteiger partial charge in [0.2, 0.25) is 0 Å². The van der Waals surface area contributed by atoms with E-state index in [1.807, 2.05) is 4.90 Å². The summed E-state index contributed by atoms with van der Waals surface area (Å²) in [5.74, 6) is -2.42. The second-order valence-electron chi connectivity index (χ2n) is 8.06. The van der Waals surface area contributed by atoms with Gasteiger partial charge in [-0.05, 0) is 81.2 Å². The molecule has 1 amide bonds. The van der Waals surface area contributed by atoms with Gasteiger partial charge in [0.25, 0.3) is 15.9 Å². The second kappa shape index (κ2) is 8.92. The van der Waals surface area contributed by atoms with Gasteiger partial charge in [-0.15, -0.1) is 0 Å². The third-order valence-electron chi connectivity index (χ3n) is 5.89. The van der Waals surface area contributed by atoms with Gasteiger partial charge >= 0.3 is 0 Å². The first-order valence-corrected chi connectivity index (χ1v) is 11.9. The van der Waals surface area contributed by atoms with E-state index in [1.54, 1.807) is 12.1 Å². The Labute approximate surface area is 180 Å². The highest BCUT2D eigenvalue weighted by molar-refractivity contribution is 7.92. The smallest absolute Gasteiger partial charge is 0.261 e. The molecule has 166 valence electrons. The number of likely N-dealkylation sites (tertiary alicyclic amines) is 2. The molecule has 2 aliphatic heterocycles. The molecule has 0 spiro atoms. The number of carbonyl (C=O) groups excluding carboxylic acids is 1. The van der Waals surface area contributed by atoms with Gasteiger partial charge in [0.05, 0.1) is 4.90 Å². The lowest BCUT2D eigenvalue weighted by Crippen LogP contribution is -2.42. The van der Waals surface area contributed by atoms with Gasteiger partial charge in [-0.1, -0.05) is 0 Å². The molecule has 0 bridgehead atoms. The van der Waals surface area contributed by atoms with Crippen LogP contribution in [0.3, 0.4) is 0 Å². The van der Waals surface area contributed by atoms with E-state index in [-0.39, 0.29) is 22.5 Å². The molecule has 6 nitrogen and oxygen atoms in total. The predicted molar refractivity (Wildman–Crippen MR) is 113 cm³/mol. The van der Waals surface area contributed by atoms with Crippen molar-refractivity contribution in [3.8, 4) is 0 Å². The lowest BCUT2D eigenvalue weighted by atomic mass is 10.1. The third kappa shape index (κ3) is 4.88. The van der Waals surface area contributed by atoms with Crippen LogP contribution in [0, 0.1) is 11.6 Å². The fraction of sp³-hybridized carbons (Fsp3) is 0.409. The lowest BCUT2D eigenvalue weighted by Gasteiger charge is -2.28. The molecule has 2 heterocycles. The summed E-state index contributed by atoms with van der Waals surface area (Å²) in [6, 6.07) is 8.74. The first-order valence-electron chi connectivity index (χ1n) is 10.4. The Balaban J connectivity index is 1.43. The van der Waals surface area contributed by atoms with Crippen molar-refractivity contribution in [3.63, 3.8) is 0 Å². The van der Waals surface area contributed by atoms with Crippen molar-refractivity contribution in [3.05, 3.63) is 59.7 Å². The Bertz CT molecular complexity index is 1050. The Hall–Kier alpha value is -2.52. The number of benzene rings is 2. The lowest BCUT2D eigenvalue weighted by molar-refractivity contribution is 0.0709. The monoisotopic (exact) mass is 449 g/mol. The molecule has 2 saturated heterocycles. The van der Waals surface area contributed by atoms with Crippen LogP contribution in [-0.2, 0) is 10.0 Å². The Morgan fingerprint density at radius 2 is 1.68 bits per heavy atom. The van der Waals surface area contributed by atoms with Gasteiger partial charge in [-0.2, -0.15) is 0 Å². The Morgan fingerprint density at radius 1 is 0.968 bits per heavy atom. The maximum atomic E-state index is 13.4. The minimum Gasteiger partial charge on any atom is -0.334 e. The molecular formula is C22H25F2N3O3S. The molecule has 31 heavy (non-hydrogen) atoms. The van der Waals surface area contributed by atoms with Crippen LogP contribution in [0.2, 0.25) is 0 Å². The Morgan fingerprint density at radius 3 is 2.35 bits per heavy atom. The first kappa shape index (κ1) is 21.7. The van der Waals surface area contributed by atoms with E-state index in [4.69, 9.17) is 0 Å². The number of halogens is 2. The van der Waals surface area contributed by atoms with E-state index in [0.29, 0.717) is 11.6 Å². The molecule has 4 rings (SSSR count). The number of rotatable bonds is 6. The van der Waals surface area contributed by atoms with Crippen LogP contribution in [0.15, 0.2) is 47.4 Å². The molecule has 2 fully saturated rings. The van der Waals surface area contributed by atoms with Crippen LogP contribution < -0.4 is 4.72 Å². The summed E-state index contributed by atoms with van der Waals surface area (Å²) in [6.45, 7) is 3.80. The van der Waals surface area contributed by atoms with Gasteiger partial charge in [0.15, 0.2) is 11.6 Å². The molecule has 1 atom stereocenters. The highest BCUT2D eigenvalue weighted by Crippen LogP contribution is 2.24. The Kier molecular flexibility index (Phi) is 6.24. The van der Waals surface area contributed by atoms with Crippen molar-refractivity contribution in [2.24, 2.45) is 0 Å². The van der Waals surface area contributed by atoms with E-state index in [2.05, 4.69) is 9.62 Å². The second-order valence-corrected chi connectivity index (χ2v) is 9.74. The molecular weight excluding hydrogens is 424 g/mol. The number of hydrogen-bond acceptors (Lipinski definition) is 4. The van der Waals surface area contributed by atoms with Gasteiger partial charge in [0.1, 0.15) is 0 Å². The van der Waals surface area contributed by atoms with Crippen LogP contribution in [0.25, 0.3) is 0 Å². The summed E-state index contributed by atoms with van der Waals surface area (Å²) in [7, 11) is -4.08. The molecule has 0 radical (unpaired) electrons. The average Bonchev–Trinajstić information content (AvgIpc) is 3.42. The van der Waals surface area contributed by atoms with Crippen molar-refractivity contribution in [2.75, 3.05) is 30.9 Å². The number of hydrogen-bond donors (Lipinski definition) is 1. The summed E-state index contributed by atoms with van der Waals surface area (Å²) in [4.78, 5) is 17.0. The van der Waals surface area contributed by atoms with Gasteiger partial charge in [-0.25, -0.2) is 17.2 Å². The maximum Gasteiger partial charge on any atom is 0.261 e. The molecule has 2 aromatic carbocycles. The van der Waals surface area contributed by atoms with Gasteiger partial charge in [-0.3, -0.25) is 9.52 Å². The largest absolute Gasteiger partial charge is 0.334 e. The van der Waals surface area contributed by atoms with E-state index in [9.17, 15) is 22.0 Å². The maximum absolute atomic E-state index is 13.4. The van der Waals surface area contributed by atoms with Crippen molar-refractivity contribution < 1.29 is 22.0 Å². The molecule has 9 heteroatoms. The van der Waals surface area contributed by atoms with E-state index >= 15 is 0 Å². The van der Waals surface area contributed by atoms with E-state index in [1.165, 1.54) is 25.0 Å². The minimum atomic E-state index is -4.08. The topological polar surface area (TPSA) is 69.7 Å². The van der Waals surface area contributed by atoms with E-state index < -0.39 is 21.7 Å². The number of amides is 1. The minimum absolute atomic E-state index is 0.0586. The van der Waals surface area contributed by atoms with Gasteiger partial charge < -0.3 is 9.80 Å². The normalized spacial score (nSPS) is 19.7. The average molecular weight is 450 g/mol.